The normalized spacial score (nSPS) is 32.8. The number of amides is 2. The van der Waals surface area contributed by atoms with Crippen molar-refractivity contribution in [1.82, 2.24) is 9.80 Å². The van der Waals surface area contributed by atoms with Crippen molar-refractivity contribution >= 4 is 23.4 Å². The molecule has 2 heterocycles. The molecular weight excluding hydrogens is 476 g/mol. The minimum Gasteiger partial charge on any atom is -0.315 e. The van der Waals surface area contributed by atoms with Crippen molar-refractivity contribution in [1.29, 1.82) is 0 Å². The van der Waals surface area contributed by atoms with Gasteiger partial charge in [-0.1, -0.05) is 55.5 Å². The molecule has 5 atom stereocenters. The number of fused-ring (bicyclic) bond motifs is 2. The van der Waals surface area contributed by atoms with Crippen molar-refractivity contribution in [2.75, 3.05) is 13.1 Å². The molecule has 2 aliphatic heterocycles. The number of likely N-dealkylation sites (tertiary alicyclic amines) is 2. The van der Waals surface area contributed by atoms with Crippen LogP contribution in [0.5, 0.6) is 0 Å². The maximum Gasteiger partial charge on any atom is 0.226 e. The first-order valence-corrected chi connectivity index (χ1v) is 13.7. The molecule has 4 fully saturated rings. The topological polar surface area (TPSA) is 74.8 Å². The van der Waals surface area contributed by atoms with Crippen LogP contribution in [0.3, 0.4) is 0 Å². The molecule has 8 rings (SSSR count). The third-order valence-electron chi connectivity index (χ3n) is 10.4. The summed E-state index contributed by atoms with van der Waals surface area (Å²) >= 11 is 0. The van der Waals surface area contributed by atoms with Crippen molar-refractivity contribution in [3.8, 4) is 0 Å². The van der Waals surface area contributed by atoms with Crippen molar-refractivity contribution < 1.29 is 19.2 Å². The number of hydrogen-bond acceptors (Lipinski definition) is 4. The molecule has 0 N–H and O–H groups in total. The summed E-state index contributed by atoms with van der Waals surface area (Å²) in [5.41, 5.74) is 4.92. The van der Waals surface area contributed by atoms with Gasteiger partial charge < -0.3 is 9.80 Å². The molecule has 4 aliphatic carbocycles. The zero-order chi connectivity index (χ0) is 26.0. The number of carbonyl (C=O) groups excluding carboxylic acids is 4. The quantitative estimate of drug-likeness (QED) is 0.627. The zero-order valence-corrected chi connectivity index (χ0v) is 21.3. The van der Waals surface area contributed by atoms with Crippen LogP contribution in [0.15, 0.2) is 72.1 Å². The average molecular weight is 505 g/mol. The van der Waals surface area contributed by atoms with Gasteiger partial charge >= 0.3 is 0 Å². The molecule has 0 bridgehead atoms. The van der Waals surface area contributed by atoms with E-state index >= 15 is 0 Å². The van der Waals surface area contributed by atoms with Crippen molar-refractivity contribution in [3.05, 3.63) is 94.3 Å². The van der Waals surface area contributed by atoms with Gasteiger partial charge in [-0.2, -0.15) is 0 Å². The summed E-state index contributed by atoms with van der Waals surface area (Å²) in [6.45, 7) is 3.48. The highest BCUT2D eigenvalue weighted by atomic mass is 16.2. The minimum absolute atomic E-state index is 0.0156. The van der Waals surface area contributed by atoms with Gasteiger partial charge in [-0.05, 0) is 41.7 Å². The Morgan fingerprint density at radius 1 is 0.816 bits per heavy atom. The van der Waals surface area contributed by atoms with Gasteiger partial charge in [0.2, 0.25) is 11.8 Å². The van der Waals surface area contributed by atoms with Gasteiger partial charge in [0, 0.05) is 71.4 Å². The van der Waals surface area contributed by atoms with E-state index < -0.39 is 0 Å². The van der Waals surface area contributed by atoms with Crippen LogP contribution in [0, 0.1) is 17.8 Å². The predicted molar refractivity (Wildman–Crippen MR) is 139 cm³/mol. The van der Waals surface area contributed by atoms with E-state index in [0.717, 1.165) is 40.1 Å². The van der Waals surface area contributed by atoms with Crippen LogP contribution in [-0.4, -0.2) is 46.3 Å². The highest BCUT2D eigenvalue weighted by molar-refractivity contribution is 6.10. The highest BCUT2D eigenvalue weighted by Gasteiger charge is 2.72. The Bertz CT molecular complexity index is 1570. The van der Waals surface area contributed by atoms with Crippen LogP contribution in [0.25, 0.3) is 0 Å². The van der Waals surface area contributed by atoms with E-state index in [1.54, 1.807) is 17.1 Å². The fourth-order valence-electron chi connectivity index (χ4n) is 8.45. The first-order valence-electron chi connectivity index (χ1n) is 13.7. The SMILES string of the molecule is C[C@@H]1[C@@H]2CN(C(=O)CCCC(=O)N3C[C@H]4CC45C3=CC(=O)c3ccccc35)C3=CC(=O)c4ccccc4C312. The molecule has 2 saturated heterocycles. The minimum atomic E-state index is -0.225. The maximum absolute atomic E-state index is 13.4. The molecule has 0 radical (unpaired) electrons. The summed E-state index contributed by atoms with van der Waals surface area (Å²) in [5.74, 6) is 0.997. The lowest BCUT2D eigenvalue weighted by atomic mass is 9.80. The molecule has 6 heteroatoms. The molecule has 38 heavy (non-hydrogen) atoms. The van der Waals surface area contributed by atoms with Crippen LogP contribution in [0.1, 0.15) is 64.4 Å². The van der Waals surface area contributed by atoms with Crippen molar-refractivity contribution in [2.45, 2.75) is 43.4 Å². The fraction of sp³-hybridized carbons (Fsp3) is 0.375. The van der Waals surface area contributed by atoms with Crippen molar-refractivity contribution in [3.63, 3.8) is 0 Å². The van der Waals surface area contributed by atoms with Gasteiger partial charge in [0.1, 0.15) is 0 Å². The number of ketones is 2. The van der Waals surface area contributed by atoms with Crippen LogP contribution in [0.4, 0.5) is 0 Å². The predicted octanol–water partition coefficient (Wildman–Crippen LogP) is 4.16. The number of rotatable bonds is 4. The molecule has 2 aromatic carbocycles. The Morgan fingerprint density at radius 2 is 1.39 bits per heavy atom. The highest BCUT2D eigenvalue weighted by Crippen LogP contribution is 2.70. The molecule has 2 unspecified atom stereocenters. The Hall–Kier alpha value is -3.80. The van der Waals surface area contributed by atoms with Gasteiger partial charge in [0.05, 0.1) is 0 Å². The Balaban J connectivity index is 0.961. The van der Waals surface area contributed by atoms with E-state index in [2.05, 4.69) is 6.92 Å². The van der Waals surface area contributed by atoms with Crippen molar-refractivity contribution in [2.24, 2.45) is 17.8 Å². The van der Waals surface area contributed by atoms with Gasteiger partial charge in [-0.15, -0.1) is 0 Å². The van der Waals surface area contributed by atoms with Gasteiger partial charge in [-0.3, -0.25) is 19.2 Å². The smallest absolute Gasteiger partial charge is 0.226 e. The number of carbonyl (C=O) groups is 4. The van der Waals surface area contributed by atoms with E-state index in [9.17, 15) is 19.2 Å². The average Bonchev–Trinajstić information content (AvgIpc) is 3.67. The van der Waals surface area contributed by atoms with E-state index in [1.807, 2.05) is 53.4 Å². The third kappa shape index (κ3) is 2.53. The lowest BCUT2D eigenvalue weighted by Gasteiger charge is -2.31. The number of hydrogen-bond donors (Lipinski definition) is 0. The monoisotopic (exact) mass is 504 g/mol. The Morgan fingerprint density at radius 3 is 2.11 bits per heavy atom. The second-order valence-corrected chi connectivity index (χ2v) is 11.9. The second kappa shape index (κ2) is 7.19. The van der Waals surface area contributed by atoms with Gasteiger partial charge in [0.25, 0.3) is 0 Å². The summed E-state index contributed by atoms with van der Waals surface area (Å²) in [6, 6.07) is 15.6. The van der Waals surface area contributed by atoms with E-state index in [4.69, 9.17) is 0 Å². The van der Waals surface area contributed by atoms with E-state index in [1.165, 1.54) is 0 Å². The molecule has 2 saturated carbocycles. The molecular formula is C32H28N2O4. The molecule has 2 spiro atoms. The largest absolute Gasteiger partial charge is 0.315 e. The molecule has 6 aliphatic rings. The summed E-state index contributed by atoms with van der Waals surface area (Å²) in [6.07, 6.45) is 5.31. The summed E-state index contributed by atoms with van der Waals surface area (Å²) in [4.78, 5) is 55.9. The number of piperidine rings is 2. The Kier molecular flexibility index (Phi) is 4.20. The molecule has 0 aromatic heterocycles. The van der Waals surface area contributed by atoms with Crippen LogP contribution in [-0.2, 0) is 20.4 Å². The van der Waals surface area contributed by atoms with Gasteiger partial charge in [-0.25, -0.2) is 0 Å². The molecule has 190 valence electrons. The first kappa shape index (κ1) is 22.2. The summed E-state index contributed by atoms with van der Waals surface area (Å²) in [5, 5.41) is 0. The van der Waals surface area contributed by atoms with Crippen LogP contribution >= 0.6 is 0 Å². The van der Waals surface area contributed by atoms with Crippen LogP contribution < -0.4 is 0 Å². The zero-order valence-electron chi connectivity index (χ0n) is 21.3. The lowest BCUT2D eigenvalue weighted by Crippen LogP contribution is -2.35. The first-order chi connectivity index (χ1) is 18.4. The van der Waals surface area contributed by atoms with Crippen LogP contribution in [0.2, 0.25) is 0 Å². The number of allylic oxidation sites excluding steroid dienone is 4. The third-order valence-corrected chi connectivity index (χ3v) is 10.4. The lowest BCUT2D eigenvalue weighted by molar-refractivity contribution is -0.130. The maximum atomic E-state index is 13.4. The summed E-state index contributed by atoms with van der Waals surface area (Å²) in [7, 11) is 0. The summed E-state index contributed by atoms with van der Waals surface area (Å²) < 4.78 is 0. The Labute approximate surface area is 221 Å². The van der Waals surface area contributed by atoms with Gasteiger partial charge in [0.15, 0.2) is 11.6 Å². The molecule has 2 aromatic rings. The fourth-order valence-corrected chi connectivity index (χ4v) is 8.45. The van der Waals surface area contributed by atoms with E-state index in [-0.39, 0.29) is 47.1 Å². The van der Waals surface area contributed by atoms with E-state index in [0.29, 0.717) is 37.3 Å². The second-order valence-electron chi connectivity index (χ2n) is 11.9. The number of benzene rings is 2. The molecule has 6 nitrogen and oxygen atoms in total. The number of nitrogens with zero attached hydrogens (tertiary/aromatic N) is 2. The molecule has 2 amide bonds. The standard InChI is InChI=1S/C32H28N2O4/c1-18-24-17-34(28-14-26(36)21-8-3-5-10-23(21)32(18,24)28)30(38)12-6-11-29(37)33-16-19-15-31(19)22-9-4-2-7-20(22)25(35)13-27(31)33/h2-5,7-10,13-14,18-19,24H,6,11-12,15-17H2,1H3/t18-,19-,24+,31?,32?/m1/s1.